The van der Waals surface area contributed by atoms with Crippen molar-refractivity contribution < 1.29 is 4.74 Å². The third kappa shape index (κ3) is 1.74. The average molecular weight is 229 g/mol. The second-order valence-corrected chi connectivity index (χ2v) is 4.11. The standard InChI is InChI=1S/C13H15N3O/c1-2-16-12-6-8-17-9-10(12)13(15-16)11-5-3-4-7-14-11/h3-5,7H,2,6,8-9H2,1H3. The molecule has 0 atom stereocenters. The van der Waals surface area contributed by atoms with Crippen molar-refractivity contribution in [1.82, 2.24) is 14.8 Å². The summed E-state index contributed by atoms with van der Waals surface area (Å²) in [5, 5.41) is 4.65. The van der Waals surface area contributed by atoms with E-state index in [9.17, 15) is 0 Å². The van der Waals surface area contributed by atoms with Crippen LogP contribution in [0, 0.1) is 0 Å². The number of ether oxygens (including phenoxy) is 1. The highest BCUT2D eigenvalue weighted by atomic mass is 16.5. The second-order valence-electron chi connectivity index (χ2n) is 4.11. The Morgan fingerprint density at radius 2 is 2.35 bits per heavy atom. The lowest BCUT2D eigenvalue weighted by molar-refractivity contribution is 0.109. The predicted molar refractivity (Wildman–Crippen MR) is 64.5 cm³/mol. The Bertz CT molecular complexity index is 519. The Hall–Kier alpha value is -1.68. The third-order valence-corrected chi connectivity index (χ3v) is 3.10. The van der Waals surface area contributed by atoms with E-state index < -0.39 is 0 Å². The fourth-order valence-electron chi connectivity index (χ4n) is 2.28. The van der Waals surface area contributed by atoms with Gasteiger partial charge in [-0.3, -0.25) is 9.67 Å². The molecule has 0 bridgehead atoms. The number of aromatic nitrogens is 3. The van der Waals surface area contributed by atoms with Crippen molar-refractivity contribution >= 4 is 0 Å². The molecule has 1 aliphatic rings. The molecule has 3 heterocycles. The van der Waals surface area contributed by atoms with Crippen molar-refractivity contribution in [2.24, 2.45) is 0 Å². The van der Waals surface area contributed by atoms with Crippen LogP contribution >= 0.6 is 0 Å². The van der Waals surface area contributed by atoms with Crippen molar-refractivity contribution in [1.29, 1.82) is 0 Å². The molecule has 0 saturated carbocycles. The first kappa shape index (κ1) is 10.5. The van der Waals surface area contributed by atoms with Crippen LogP contribution in [0.1, 0.15) is 18.2 Å². The van der Waals surface area contributed by atoms with Crippen molar-refractivity contribution in [3.63, 3.8) is 0 Å². The van der Waals surface area contributed by atoms with Gasteiger partial charge in [-0.05, 0) is 19.1 Å². The van der Waals surface area contributed by atoms with Gasteiger partial charge in [0.15, 0.2) is 0 Å². The molecule has 1 aliphatic heterocycles. The molecule has 4 heteroatoms. The van der Waals surface area contributed by atoms with Crippen molar-refractivity contribution in [3.05, 3.63) is 35.7 Å². The summed E-state index contributed by atoms with van der Waals surface area (Å²) in [7, 11) is 0. The van der Waals surface area contributed by atoms with Crippen molar-refractivity contribution in [2.45, 2.75) is 26.5 Å². The maximum absolute atomic E-state index is 5.53. The van der Waals surface area contributed by atoms with Crippen LogP contribution in [0.2, 0.25) is 0 Å². The van der Waals surface area contributed by atoms with Gasteiger partial charge < -0.3 is 4.74 Å². The summed E-state index contributed by atoms with van der Waals surface area (Å²) < 4.78 is 7.61. The first-order valence-corrected chi connectivity index (χ1v) is 5.98. The van der Waals surface area contributed by atoms with E-state index in [0.29, 0.717) is 6.61 Å². The summed E-state index contributed by atoms with van der Waals surface area (Å²) in [6.45, 7) is 4.46. The smallest absolute Gasteiger partial charge is 0.116 e. The minimum Gasteiger partial charge on any atom is -0.376 e. The van der Waals surface area contributed by atoms with Gasteiger partial charge in [-0.2, -0.15) is 5.10 Å². The zero-order valence-corrected chi connectivity index (χ0v) is 9.89. The molecule has 2 aromatic rings. The van der Waals surface area contributed by atoms with Crippen LogP contribution in [0.4, 0.5) is 0 Å². The van der Waals surface area contributed by atoms with Gasteiger partial charge in [0.25, 0.3) is 0 Å². The molecule has 17 heavy (non-hydrogen) atoms. The number of hydrogen-bond acceptors (Lipinski definition) is 3. The zero-order chi connectivity index (χ0) is 11.7. The molecule has 0 aromatic carbocycles. The zero-order valence-electron chi connectivity index (χ0n) is 9.89. The molecule has 0 spiro atoms. The Kier molecular flexibility index (Phi) is 2.65. The van der Waals surface area contributed by atoms with Crippen LogP contribution in [0.5, 0.6) is 0 Å². The summed E-state index contributed by atoms with van der Waals surface area (Å²) in [4.78, 5) is 4.37. The average Bonchev–Trinajstić information content (AvgIpc) is 2.78. The van der Waals surface area contributed by atoms with Gasteiger partial charge in [0.05, 0.1) is 18.9 Å². The van der Waals surface area contributed by atoms with E-state index in [4.69, 9.17) is 4.74 Å². The van der Waals surface area contributed by atoms with Gasteiger partial charge in [-0.15, -0.1) is 0 Å². The number of nitrogens with zero attached hydrogens (tertiary/aromatic N) is 3. The fourth-order valence-corrected chi connectivity index (χ4v) is 2.28. The molecule has 88 valence electrons. The molecular formula is C13H15N3O. The monoisotopic (exact) mass is 229 g/mol. The molecule has 2 aromatic heterocycles. The number of rotatable bonds is 2. The van der Waals surface area contributed by atoms with E-state index in [2.05, 4.69) is 21.7 Å². The van der Waals surface area contributed by atoms with Gasteiger partial charge in [-0.25, -0.2) is 0 Å². The Morgan fingerprint density at radius 3 is 3.12 bits per heavy atom. The van der Waals surface area contributed by atoms with Gasteiger partial charge in [0.2, 0.25) is 0 Å². The predicted octanol–water partition coefficient (Wildman–Crippen LogP) is 2.04. The molecule has 4 nitrogen and oxygen atoms in total. The van der Waals surface area contributed by atoms with E-state index in [1.807, 2.05) is 18.2 Å². The van der Waals surface area contributed by atoms with Gasteiger partial charge in [-0.1, -0.05) is 6.07 Å². The van der Waals surface area contributed by atoms with Gasteiger partial charge >= 0.3 is 0 Å². The molecule has 0 saturated heterocycles. The van der Waals surface area contributed by atoms with Crippen LogP contribution < -0.4 is 0 Å². The summed E-state index contributed by atoms with van der Waals surface area (Å²) >= 11 is 0. The van der Waals surface area contributed by atoms with E-state index in [-0.39, 0.29) is 0 Å². The number of hydrogen-bond donors (Lipinski definition) is 0. The lowest BCUT2D eigenvalue weighted by Crippen LogP contribution is -2.13. The second kappa shape index (κ2) is 4.30. The molecule has 0 N–H and O–H groups in total. The minimum absolute atomic E-state index is 0.654. The van der Waals surface area contributed by atoms with Crippen LogP contribution in [-0.4, -0.2) is 21.4 Å². The summed E-state index contributed by atoms with van der Waals surface area (Å²) in [6, 6.07) is 5.91. The van der Waals surface area contributed by atoms with Crippen LogP contribution in [0.15, 0.2) is 24.4 Å². The van der Waals surface area contributed by atoms with E-state index in [1.54, 1.807) is 6.20 Å². The van der Waals surface area contributed by atoms with Crippen molar-refractivity contribution in [3.8, 4) is 11.4 Å². The first-order chi connectivity index (χ1) is 8.40. The van der Waals surface area contributed by atoms with E-state index in [1.165, 1.54) is 11.3 Å². The number of fused-ring (bicyclic) bond motifs is 1. The fraction of sp³-hybridized carbons (Fsp3) is 0.385. The Labute approximate surface area is 100 Å². The normalized spacial score (nSPS) is 14.6. The summed E-state index contributed by atoms with van der Waals surface area (Å²) in [5.41, 5.74) is 4.42. The Morgan fingerprint density at radius 1 is 1.41 bits per heavy atom. The molecule has 0 unspecified atom stereocenters. The summed E-state index contributed by atoms with van der Waals surface area (Å²) in [6.07, 6.45) is 2.75. The maximum Gasteiger partial charge on any atom is 0.116 e. The molecule has 0 fully saturated rings. The van der Waals surface area contributed by atoms with Gasteiger partial charge in [0, 0.05) is 30.4 Å². The third-order valence-electron chi connectivity index (χ3n) is 3.10. The highest BCUT2D eigenvalue weighted by Crippen LogP contribution is 2.27. The van der Waals surface area contributed by atoms with Crippen LogP contribution in [0.3, 0.4) is 0 Å². The minimum atomic E-state index is 0.654. The first-order valence-electron chi connectivity index (χ1n) is 5.98. The SMILES string of the molecule is CCn1nc(-c2ccccn2)c2c1CCOC2. The molecule has 3 rings (SSSR count). The highest BCUT2D eigenvalue weighted by Gasteiger charge is 2.21. The van der Waals surface area contributed by atoms with Gasteiger partial charge in [0.1, 0.15) is 5.69 Å². The highest BCUT2D eigenvalue weighted by molar-refractivity contribution is 5.60. The molecule has 0 aliphatic carbocycles. The van der Waals surface area contributed by atoms with Crippen LogP contribution in [-0.2, 0) is 24.3 Å². The molecular weight excluding hydrogens is 214 g/mol. The number of pyridine rings is 1. The lowest BCUT2D eigenvalue weighted by Gasteiger charge is -2.14. The van der Waals surface area contributed by atoms with Crippen molar-refractivity contribution in [2.75, 3.05) is 6.61 Å². The van der Waals surface area contributed by atoms with E-state index >= 15 is 0 Å². The maximum atomic E-state index is 5.53. The topological polar surface area (TPSA) is 39.9 Å². The largest absolute Gasteiger partial charge is 0.376 e. The number of aryl methyl sites for hydroxylation is 1. The molecule has 0 radical (unpaired) electrons. The quantitative estimate of drug-likeness (QED) is 0.791. The summed E-state index contributed by atoms with van der Waals surface area (Å²) in [5.74, 6) is 0. The lowest BCUT2D eigenvalue weighted by atomic mass is 10.1. The van der Waals surface area contributed by atoms with E-state index in [0.717, 1.165) is 31.0 Å². The Balaban J connectivity index is 2.14. The van der Waals surface area contributed by atoms with Crippen LogP contribution in [0.25, 0.3) is 11.4 Å². The molecule has 0 amide bonds.